The smallest absolute Gasteiger partial charge is 0.123 e. The first kappa shape index (κ1) is 15.2. The third-order valence-corrected chi connectivity index (χ3v) is 3.36. The van der Waals surface area contributed by atoms with E-state index in [4.69, 9.17) is 0 Å². The van der Waals surface area contributed by atoms with Gasteiger partial charge < -0.3 is 5.32 Å². The predicted octanol–water partition coefficient (Wildman–Crippen LogP) is 4.44. The standard InChI is InChI=1S/C16H26FN/c1-12(2)6-5-7-14(4)18-11-15-8-9-16(17)10-13(15)3/h8-10,12,14,18H,5-7,11H2,1-4H3. The highest BCUT2D eigenvalue weighted by molar-refractivity contribution is 5.26. The lowest BCUT2D eigenvalue weighted by Gasteiger charge is -2.15. The highest BCUT2D eigenvalue weighted by Gasteiger charge is 2.04. The van der Waals surface area contributed by atoms with Crippen molar-refractivity contribution in [2.45, 2.75) is 59.5 Å². The van der Waals surface area contributed by atoms with Gasteiger partial charge in [0.2, 0.25) is 0 Å². The Morgan fingerprint density at radius 2 is 1.89 bits per heavy atom. The first-order chi connectivity index (χ1) is 8.49. The molecule has 2 heteroatoms. The lowest BCUT2D eigenvalue weighted by molar-refractivity contribution is 0.456. The largest absolute Gasteiger partial charge is 0.310 e. The zero-order valence-electron chi connectivity index (χ0n) is 12.1. The van der Waals surface area contributed by atoms with Gasteiger partial charge in [-0.3, -0.25) is 0 Å². The summed E-state index contributed by atoms with van der Waals surface area (Å²) in [5.41, 5.74) is 2.21. The molecule has 0 heterocycles. The molecule has 1 nitrogen and oxygen atoms in total. The highest BCUT2D eigenvalue weighted by Crippen LogP contribution is 2.12. The number of nitrogens with one attached hydrogen (secondary N) is 1. The minimum atomic E-state index is -0.152. The molecule has 1 unspecified atom stereocenters. The van der Waals surface area contributed by atoms with Gasteiger partial charge in [-0.25, -0.2) is 4.39 Å². The molecule has 0 saturated heterocycles. The molecule has 18 heavy (non-hydrogen) atoms. The van der Waals surface area contributed by atoms with Crippen molar-refractivity contribution in [3.05, 3.63) is 35.1 Å². The van der Waals surface area contributed by atoms with Crippen LogP contribution in [-0.4, -0.2) is 6.04 Å². The van der Waals surface area contributed by atoms with Gasteiger partial charge >= 0.3 is 0 Å². The molecular weight excluding hydrogens is 225 g/mol. The average Bonchev–Trinajstić information content (AvgIpc) is 2.27. The van der Waals surface area contributed by atoms with E-state index in [9.17, 15) is 4.39 Å². The number of benzene rings is 1. The van der Waals surface area contributed by atoms with Gasteiger partial charge in [0.15, 0.2) is 0 Å². The third kappa shape index (κ3) is 5.63. The third-order valence-electron chi connectivity index (χ3n) is 3.36. The second-order valence-electron chi connectivity index (χ2n) is 5.68. The lowest BCUT2D eigenvalue weighted by atomic mass is 10.0. The highest BCUT2D eigenvalue weighted by atomic mass is 19.1. The molecule has 1 aromatic carbocycles. The Balaban J connectivity index is 2.31. The zero-order chi connectivity index (χ0) is 13.5. The summed E-state index contributed by atoms with van der Waals surface area (Å²) in [7, 11) is 0. The minimum Gasteiger partial charge on any atom is -0.310 e. The Morgan fingerprint density at radius 1 is 1.17 bits per heavy atom. The van der Waals surface area contributed by atoms with E-state index in [2.05, 4.69) is 26.1 Å². The van der Waals surface area contributed by atoms with Crippen LogP contribution in [0, 0.1) is 18.7 Å². The predicted molar refractivity (Wildman–Crippen MR) is 76.1 cm³/mol. The van der Waals surface area contributed by atoms with Crippen LogP contribution in [0.2, 0.25) is 0 Å². The molecule has 0 bridgehead atoms. The zero-order valence-corrected chi connectivity index (χ0v) is 12.1. The molecule has 1 rings (SSSR count). The van der Waals surface area contributed by atoms with E-state index < -0.39 is 0 Å². The monoisotopic (exact) mass is 251 g/mol. The SMILES string of the molecule is Cc1cc(F)ccc1CNC(C)CCCC(C)C. The Hall–Kier alpha value is -0.890. The maximum atomic E-state index is 13.0. The second kappa shape index (κ2) is 7.52. The fraction of sp³-hybridized carbons (Fsp3) is 0.625. The maximum Gasteiger partial charge on any atom is 0.123 e. The molecule has 102 valence electrons. The van der Waals surface area contributed by atoms with E-state index >= 15 is 0 Å². The maximum absolute atomic E-state index is 13.0. The van der Waals surface area contributed by atoms with Gasteiger partial charge in [0.1, 0.15) is 5.82 Å². The van der Waals surface area contributed by atoms with Crippen LogP contribution < -0.4 is 5.32 Å². The number of hydrogen-bond acceptors (Lipinski definition) is 1. The normalized spacial score (nSPS) is 13.0. The van der Waals surface area contributed by atoms with E-state index in [1.165, 1.54) is 30.9 Å². The van der Waals surface area contributed by atoms with Gasteiger partial charge in [0, 0.05) is 12.6 Å². The Bertz CT molecular complexity index is 360. The Morgan fingerprint density at radius 3 is 2.50 bits per heavy atom. The van der Waals surface area contributed by atoms with Crippen LogP contribution in [-0.2, 0) is 6.54 Å². The van der Waals surface area contributed by atoms with Gasteiger partial charge in [-0.05, 0) is 49.4 Å². The average molecular weight is 251 g/mol. The molecule has 0 aliphatic carbocycles. The number of aryl methyl sites for hydroxylation is 1. The minimum absolute atomic E-state index is 0.152. The molecule has 1 N–H and O–H groups in total. The fourth-order valence-electron chi connectivity index (χ4n) is 2.08. The molecule has 1 aromatic rings. The summed E-state index contributed by atoms with van der Waals surface area (Å²) in [4.78, 5) is 0. The van der Waals surface area contributed by atoms with Crippen molar-refractivity contribution in [3.8, 4) is 0 Å². The quantitative estimate of drug-likeness (QED) is 0.755. The summed E-state index contributed by atoms with van der Waals surface area (Å²) < 4.78 is 13.0. The molecule has 0 spiro atoms. The van der Waals surface area contributed by atoms with Crippen molar-refractivity contribution in [1.29, 1.82) is 0 Å². The van der Waals surface area contributed by atoms with Gasteiger partial charge in [-0.2, -0.15) is 0 Å². The Labute approximate surface area is 111 Å². The van der Waals surface area contributed by atoms with Gasteiger partial charge in [-0.15, -0.1) is 0 Å². The second-order valence-corrected chi connectivity index (χ2v) is 5.68. The van der Waals surface area contributed by atoms with Crippen LogP contribution >= 0.6 is 0 Å². The molecule has 1 atom stereocenters. The summed E-state index contributed by atoms with van der Waals surface area (Å²) in [6.07, 6.45) is 3.77. The van der Waals surface area contributed by atoms with Crippen molar-refractivity contribution < 1.29 is 4.39 Å². The molecule has 0 aliphatic heterocycles. The van der Waals surface area contributed by atoms with E-state index in [1.807, 2.05) is 13.0 Å². The van der Waals surface area contributed by atoms with Crippen LogP contribution in [0.5, 0.6) is 0 Å². The van der Waals surface area contributed by atoms with Crippen molar-refractivity contribution in [3.63, 3.8) is 0 Å². The summed E-state index contributed by atoms with van der Waals surface area (Å²) in [5.74, 6) is 0.637. The number of rotatable bonds is 7. The van der Waals surface area contributed by atoms with Gasteiger partial charge in [0.05, 0.1) is 0 Å². The number of halogens is 1. The first-order valence-corrected chi connectivity index (χ1v) is 6.97. The van der Waals surface area contributed by atoms with Crippen molar-refractivity contribution in [2.75, 3.05) is 0 Å². The van der Waals surface area contributed by atoms with Gasteiger partial charge in [0.25, 0.3) is 0 Å². The molecule has 0 amide bonds. The van der Waals surface area contributed by atoms with E-state index in [0.717, 1.165) is 18.0 Å². The fourth-order valence-corrected chi connectivity index (χ4v) is 2.08. The summed E-state index contributed by atoms with van der Waals surface area (Å²) in [5, 5.41) is 3.51. The van der Waals surface area contributed by atoms with Gasteiger partial charge in [-0.1, -0.05) is 32.8 Å². The summed E-state index contributed by atoms with van der Waals surface area (Å²) in [6, 6.07) is 5.53. The Kier molecular flexibility index (Phi) is 6.34. The topological polar surface area (TPSA) is 12.0 Å². The van der Waals surface area contributed by atoms with Crippen LogP contribution in [0.15, 0.2) is 18.2 Å². The molecule has 0 saturated carbocycles. The van der Waals surface area contributed by atoms with Crippen molar-refractivity contribution in [2.24, 2.45) is 5.92 Å². The van der Waals surface area contributed by atoms with Crippen LogP contribution in [0.1, 0.15) is 51.2 Å². The molecule has 0 aromatic heterocycles. The van der Waals surface area contributed by atoms with Crippen LogP contribution in [0.25, 0.3) is 0 Å². The van der Waals surface area contributed by atoms with Crippen molar-refractivity contribution >= 4 is 0 Å². The van der Waals surface area contributed by atoms with E-state index in [1.54, 1.807) is 6.07 Å². The summed E-state index contributed by atoms with van der Waals surface area (Å²) >= 11 is 0. The van der Waals surface area contributed by atoms with Crippen LogP contribution in [0.4, 0.5) is 4.39 Å². The number of hydrogen-bond donors (Lipinski definition) is 1. The summed E-state index contributed by atoms with van der Waals surface area (Å²) in [6.45, 7) is 9.54. The first-order valence-electron chi connectivity index (χ1n) is 6.97. The molecular formula is C16H26FN. The van der Waals surface area contributed by atoms with E-state index in [0.29, 0.717) is 6.04 Å². The van der Waals surface area contributed by atoms with Crippen LogP contribution in [0.3, 0.4) is 0 Å². The lowest BCUT2D eigenvalue weighted by Crippen LogP contribution is -2.25. The molecule has 0 aliphatic rings. The van der Waals surface area contributed by atoms with Crippen molar-refractivity contribution in [1.82, 2.24) is 5.32 Å². The molecule has 0 radical (unpaired) electrons. The van der Waals surface area contributed by atoms with E-state index in [-0.39, 0.29) is 5.82 Å². The molecule has 0 fully saturated rings.